The maximum absolute atomic E-state index is 12.9. The van der Waals surface area contributed by atoms with Crippen molar-refractivity contribution in [2.45, 2.75) is 349 Å². The van der Waals surface area contributed by atoms with Gasteiger partial charge in [0.25, 0.3) is 0 Å². The molecule has 0 heterocycles. The van der Waals surface area contributed by atoms with Crippen molar-refractivity contribution < 1.29 is 28.6 Å². The molecule has 0 aliphatic carbocycles. The molecule has 0 amide bonds. The summed E-state index contributed by atoms with van der Waals surface area (Å²) in [5.41, 5.74) is 0. The lowest BCUT2D eigenvalue weighted by atomic mass is 9.99. The maximum Gasteiger partial charge on any atom is 0.306 e. The van der Waals surface area contributed by atoms with Crippen LogP contribution in [-0.4, -0.2) is 37.2 Å². The Hall–Kier alpha value is -1.59. The van der Waals surface area contributed by atoms with E-state index in [1.165, 1.54) is 225 Å². The zero-order valence-corrected chi connectivity index (χ0v) is 46.9. The minimum Gasteiger partial charge on any atom is -0.462 e. The van der Waals surface area contributed by atoms with E-state index in [0.717, 1.165) is 75.5 Å². The third kappa shape index (κ3) is 52.2. The van der Waals surface area contributed by atoms with Crippen LogP contribution in [0.25, 0.3) is 0 Å². The first-order chi connectivity index (χ1) is 33.2. The molecule has 0 aliphatic rings. The number of esters is 3. The van der Waals surface area contributed by atoms with Crippen LogP contribution in [0.4, 0.5) is 0 Å². The molecule has 3 atom stereocenters. The summed E-state index contributed by atoms with van der Waals surface area (Å²) < 4.78 is 16.9. The van der Waals surface area contributed by atoms with E-state index in [4.69, 9.17) is 14.2 Å². The number of unbranched alkanes of at least 4 members (excludes halogenated alkanes) is 36. The van der Waals surface area contributed by atoms with Crippen LogP contribution in [0.3, 0.4) is 0 Å². The molecule has 0 saturated heterocycles. The molecule has 404 valence electrons. The summed E-state index contributed by atoms with van der Waals surface area (Å²) in [6, 6.07) is 0. The highest BCUT2D eigenvalue weighted by Gasteiger charge is 2.19. The molecule has 0 aliphatic heterocycles. The Balaban J connectivity index is 4.29. The maximum atomic E-state index is 12.9. The third-order valence-corrected chi connectivity index (χ3v) is 14.9. The van der Waals surface area contributed by atoms with E-state index in [9.17, 15) is 14.4 Å². The SMILES string of the molecule is CCC(C)CCCCCCCCCCCCCCCCC(=O)OC[C@H](COC(=O)CCCCCCCCCCCCCCCCCC(C)C)OC(=O)CCCCCCCCCCCCC(C)CC. The molecule has 0 saturated carbocycles. The van der Waals surface area contributed by atoms with E-state index in [0.29, 0.717) is 19.3 Å². The molecule has 0 aromatic heterocycles. The van der Waals surface area contributed by atoms with Gasteiger partial charge in [-0.1, -0.05) is 305 Å². The minimum atomic E-state index is -0.764. The summed E-state index contributed by atoms with van der Waals surface area (Å²) in [6.07, 6.45) is 56.5. The lowest BCUT2D eigenvalue weighted by molar-refractivity contribution is -0.167. The van der Waals surface area contributed by atoms with Crippen molar-refractivity contribution in [3.8, 4) is 0 Å². The lowest BCUT2D eigenvalue weighted by Gasteiger charge is -2.18. The van der Waals surface area contributed by atoms with Crippen molar-refractivity contribution >= 4 is 17.9 Å². The largest absolute Gasteiger partial charge is 0.462 e. The fraction of sp³-hybridized carbons (Fsp3) is 0.952. The average molecular weight is 962 g/mol. The van der Waals surface area contributed by atoms with Crippen molar-refractivity contribution in [3.63, 3.8) is 0 Å². The van der Waals surface area contributed by atoms with Gasteiger partial charge in [-0.05, 0) is 37.0 Å². The summed E-state index contributed by atoms with van der Waals surface area (Å²) in [6.45, 7) is 13.8. The normalized spacial score (nSPS) is 12.9. The standard InChI is InChI=1S/C62H120O6/c1-7-57(5)49-43-37-31-25-19-15-12-13-17-21-28-34-40-46-52-61(64)67-55-59(68-62(65)53-47-41-35-29-23-22-26-32-38-44-50-58(6)8-2)54-66-60(63)51-45-39-33-27-20-16-11-9-10-14-18-24-30-36-42-48-56(3)4/h56-59H,7-55H2,1-6H3/t57?,58?,59-/m0/s1. The topological polar surface area (TPSA) is 78.9 Å². The predicted octanol–water partition coefficient (Wildman–Crippen LogP) is 20.3. The van der Waals surface area contributed by atoms with Gasteiger partial charge in [-0.15, -0.1) is 0 Å². The molecule has 0 aromatic rings. The van der Waals surface area contributed by atoms with Gasteiger partial charge < -0.3 is 14.2 Å². The van der Waals surface area contributed by atoms with Gasteiger partial charge >= 0.3 is 17.9 Å². The Morgan fingerprint density at radius 1 is 0.294 bits per heavy atom. The summed E-state index contributed by atoms with van der Waals surface area (Å²) in [7, 11) is 0. The van der Waals surface area contributed by atoms with Gasteiger partial charge in [0.2, 0.25) is 0 Å². The first kappa shape index (κ1) is 66.4. The highest BCUT2D eigenvalue weighted by atomic mass is 16.6. The van der Waals surface area contributed by atoms with Gasteiger partial charge in [-0.25, -0.2) is 0 Å². The lowest BCUT2D eigenvalue weighted by Crippen LogP contribution is -2.30. The smallest absolute Gasteiger partial charge is 0.306 e. The second-order valence-electron chi connectivity index (χ2n) is 22.3. The molecular weight excluding hydrogens is 841 g/mol. The molecular formula is C62H120O6. The van der Waals surface area contributed by atoms with Gasteiger partial charge in [-0.2, -0.15) is 0 Å². The minimum absolute atomic E-state index is 0.0632. The van der Waals surface area contributed by atoms with Crippen molar-refractivity contribution in [1.82, 2.24) is 0 Å². The highest BCUT2D eigenvalue weighted by Crippen LogP contribution is 2.19. The fourth-order valence-corrected chi connectivity index (χ4v) is 9.47. The molecule has 0 radical (unpaired) electrons. The van der Waals surface area contributed by atoms with Crippen molar-refractivity contribution in [2.24, 2.45) is 17.8 Å². The monoisotopic (exact) mass is 961 g/mol. The number of carbonyl (C=O) groups is 3. The molecule has 0 rings (SSSR count). The van der Waals surface area contributed by atoms with E-state index in [1.54, 1.807) is 0 Å². The third-order valence-electron chi connectivity index (χ3n) is 14.9. The summed E-state index contributed by atoms with van der Waals surface area (Å²) in [5.74, 6) is 1.77. The molecule has 0 spiro atoms. The van der Waals surface area contributed by atoms with Gasteiger partial charge in [0, 0.05) is 19.3 Å². The van der Waals surface area contributed by atoms with E-state index in [1.807, 2.05) is 0 Å². The second-order valence-corrected chi connectivity index (χ2v) is 22.3. The Labute approximate surface area is 425 Å². The molecule has 2 unspecified atom stereocenters. The van der Waals surface area contributed by atoms with E-state index in [-0.39, 0.29) is 31.1 Å². The second kappa shape index (κ2) is 53.2. The van der Waals surface area contributed by atoms with Crippen LogP contribution in [0.2, 0.25) is 0 Å². The first-order valence-corrected chi connectivity index (χ1v) is 30.7. The summed E-state index contributed by atoms with van der Waals surface area (Å²) >= 11 is 0. The number of rotatable bonds is 55. The van der Waals surface area contributed by atoms with E-state index in [2.05, 4.69) is 41.5 Å². The Morgan fingerprint density at radius 3 is 0.765 bits per heavy atom. The molecule has 6 heteroatoms. The average Bonchev–Trinajstić information content (AvgIpc) is 3.33. The van der Waals surface area contributed by atoms with E-state index >= 15 is 0 Å². The zero-order valence-electron chi connectivity index (χ0n) is 46.9. The highest BCUT2D eigenvalue weighted by molar-refractivity contribution is 5.71. The van der Waals surface area contributed by atoms with Crippen molar-refractivity contribution in [3.05, 3.63) is 0 Å². The molecule has 0 bridgehead atoms. The summed E-state index contributed by atoms with van der Waals surface area (Å²) in [4.78, 5) is 38.2. The van der Waals surface area contributed by atoms with Crippen LogP contribution in [-0.2, 0) is 28.6 Å². The molecule has 0 fully saturated rings. The van der Waals surface area contributed by atoms with Crippen molar-refractivity contribution in [1.29, 1.82) is 0 Å². The number of ether oxygens (including phenoxy) is 3. The van der Waals surface area contributed by atoms with Crippen LogP contribution in [0, 0.1) is 17.8 Å². The van der Waals surface area contributed by atoms with Gasteiger partial charge in [0.1, 0.15) is 13.2 Å². The zero-order chi connectivity index (χ0) is 49.8. The van der Waals surface area contributed by atoms with Crippen LogP contribution in [0.5, 0.6) is 0 Å². The number of hydrogen-bond acceptors (Lipinski definition) is 6. The molecule has 6 nitrogen and oxygen atoms in total. The Morgan fingerprint density at radius 2 is 0.515 bits per heavy atom. The summed E-state index contributed by atoms with van der Waals surface area (Å²) in [5, 5.41) is 0. The van der Waals surface area contributed by atoms with Crippen LogP contribution < -0.4 is 0 Å². The van der Waals surface area contributed by atoms with Crippen LogP contribution >= 0.6 is 0 Å². The molecule has 68 heavy (non-hydrogen) atoms. The number of hydrogen-bond donors (Lipinski definition) is 0. The van der Waals surface area contributed by atoms with E-state index < -0.39 is 6.10 Å². The quantitative estimate of drug-likeness (QED) is 0.0343. The van der Waals surface area contributed by atoms with Crippen LogP contribution in [0.1, 0.15) is 343 Å². The van der Waals surface area contributed by atoms with Gasteiger partial charge in [0.15, 0.2) is 6.10 Å². The Bertz CT molecular complexity index is 1060. The van der Waals surface area contributed by atoms with Gasteiger partial charge in [0.05, 0.1) is 0 Å². The predicted molar refractivity (Wildman–Crippen MR) is 293 cm³/mol. The Kier molecular flexibility index (Phi) is 52.0. The molecule has 0 N–H and O–H groups in total. The van der Waals surface area contributed by atoms with Crippen LogP contribution in [0.15, 0.2) is 0 Å². The van der Waals surface area contributed by atoms with Gasteiger partial charge in [-0.3, -0.25) is 14.4 Å². The number of carbonyl (C=O) groups excluding carboxylic acids is 3. The first-order valence-electron chi connectivity index (χ1n) is 30.7. The molecule has 0 aromatic carbocycles. The van der Waals surface area contributed by atoms with Crippen molar-refractivity contribution in [2.75, 3.05) is 13.2 Å². The fourth-order valence-electron chi connectivity index (χ4n) is 9.47.